The molecule has 1 aromatic carbocycles. The van der Waals surface area contributed by atoms with Gasteiger partial charge in [0.15, 0.2) is 11.5 Å². The molecule has 0 radical (unpaired) electrons. The van der Waals surface area contributed by atoms with Gasteiger partial charge in [0.1, 0.15) is 0 Å². The molecule has 0 aliphatic carbocycles. The Bertz CT molecular complexity index is 601. The van der Waals surface area contributed by atoms with Crippen LogP contribution in [-0.2, 0) is 0 Å². The molecule has 0 amide bonds. The summed E-state index contributed by atoms with van der Waals surface area (Å²) in [4.78, 5) is 18.9. The molecule has 0 saturated carbocycles. The zero-order chi connectivity index (χ0) is 13.8. The third-order valence-electron chi connectivity index (χ3n) is 2.21. The molecule has 98 valence electrons. The normalized spacial score (nSPS) is 10.0. The van der Waals surface area contributed by atoms with Crippen LogP contribution in [0, 0.1) is 3.57 Å². The molecule has 2 rings (SSSR count). The molecule has 7 heteroatoms. The molecule has 0 bridgehead atoms. The lowest BCUT2D eigenvalue weighted by molar-refractivity contribution is 0.0696. The van der Waals surface area contributed by atoms with Crippen LogP contribution in [0.4, 0.5) is 0 Å². The summed E-state index contributed by atoms with van der Waals surface area (Å²) < 4.78 is 11.4. The zero-order valence-corrected chi connectivity index (χ0v) is 12.0. The maximum atomic E-state index is 10.9. The second-order valence-electron chi connectivity index (χ2n) is 3.46. The van der Waals surface area contributed by atoms with E-state index in [1.807, 2.05) is 0 Å². The minimum atomic E-state index is -1.05. The lowest BCUT2D eigenvalue weighted by atomic mass is 10.2. The molecule has 1 heterocycles. The number of carbonyl (C=O) groups is 1. The van der Waals surface area contributed by atoms with E-state index in [0.29, 0.717) is 5.75 Å². The van der Waals surface area contributed by atoms with Crippen molar-refractivity contribution in [3.05, 3.63) is 39.7 Å². The molecule has 0 fully saturated rings. The number of rotatable bonds is 4. The fourth-order valence-corrected chi connectivity index (χ4v) is 1.62. The molecule has 6 nitrogen and oxygen atoms in total. The van der Waals surface area contributed by atoms with Crippen molar-refractivity contribution in [3.63, 3.8) is 0 Å². The second-order valence-corrected chi connectivity index (χ2v) is 4.70. The number of aromatic carboxylic acids is 1. The van der Waals surface area contributed by atoms with E-state index in [9.17, 15) is 4.79 Å². The van der Waals surface area contributed by atoms with Gasteiger partial charge in [-0.15, -0.1) is 0 Å². The van der Waals surface area contributed by atoms with E-state index in [0.717, 1.165) is 3.57 Å². The van der Waals surface area contributed by atoms with E-state index in [2.05, 4.69) is 32.6 Å². The van der Waals surface area contributed by atoms with Crippen LogP contribution < -0.4 is 9.47 Å². The highest BCUT2D eigenvalue weighted by atomic mass is 127. The molecular weight excluding hydrogens is 363 g/mol. The van der Waals surface area contributed by atoms with E-state index >= 15 is 0 Å². The first-order valence-electron chi connectivity index (χ1n) is 5.17. The zero-order valence-electron chi connectivity index (χ0n) is 9.83. The van der Waals surface area contributed by atoms with Crippen molar-refractivity contribution in [2.75, 3.05) is 7.11 Å². The molecule has 1 aromatic heterocycles. The molecule has 0 aliphatic heterocycles. The van der Waals surface area contributed by atoms with Gasteiger partial charge in [0.05, 0.1) is 12.7 Å². The molecular formula is C12H9IN2O4. The third-order valence-corrected chi connectivity index (χ3v) is 2.77. The van der Waals surface area contributed by atoms with Crippen molar-refractivity contribution < 1.29 is 19.4 Å². The Balaban J connectivity index is 2.34. The highest BCUT2D eigenvalue weighted by Gasteiger charge is 2.12. The Morgan fingerprint density at radius 1 is 1.26 bits per heavy atom. The van der Waals surface area contributed by atoms with Crippen LogP contribution in [0.1, 0.15) is 10.4 Å². The van der Waals surface area contributed by atoms with Crippen LogP contribution >= 0.6 is 22.6 Å². The number of hydrogen-bond donors (Lipinski definition) is 1. The van der Waals surface area contributed by atoms with E-state index in [4.69, 9.17) is 14.6 Å². The summed E-state index contributed by atoms with van der Waals surface area (Å²) in [5, 5.41) is 8.95. The Kier molecular flexibility index (Phi) is 4.15. The lowest BCUT2D eigenvalue weighted by Crippen LogP contribution is -1.99. The fourth-order valence-electron chi connectivity index (χ4n) is 1.34. The Labute approximate surface area is 122 Å². The quantitative estimate of drug-likeness (QED) is 0.831. The molecule has 0 unspecified atom stereocenters. The van der Waals surface area contributed by atoms with Gasteiger partial charge in [-0.1, -0.05) is 0 Å². The highest BCUT2D eigenvalue weighted by Crippen LogP contribution is 2.31. The summed E-state index contributed by atoms with van der Waals surface area (Å²) >= 11 is 2.07. The monoisotopic (exact) mass is 372 g/mol. The lowest BCUT2D eigenvalue weighted by Gasteiger charge is -2.09. The van der Waals surface area contributed by atoms with Crippen LogP contribution in [0.2, 0.25) is 0 Å². The Hall–Kier alpha value is -1.90. The van der Waals surface area contributed by atoms with Crippen LogP contribution in [0.15, 0.2) is 30.6 Å². The Morgan fingerprint density at radius 3 is 2.53 bits per heavy atom. The number of ether oxygens (including phenoxy) is 2. The average molecular weight is 372 g/mol. The predicted octanol–water partition coefficient (Wildman–Crippen LogP) is 2.58. The molecule has 0 aliphatic rings. The van der Waals surface area contributed by atoms with E-state index < -0.39 is 5.97 Å². The van der Waals surface area contributed by atoms with Crippen molar-refractivity contribution in [3.8, 4) is 17.5 Å². The van der Waals surface area contributed by atoms with Gasteiger partial charge in [0.2, 0.25) is 0 Å². The average Bonchev–Trinajstić information content (AvgIpc) is 2.41. The molecule has 0 spiro atoms. The van der Waals surface area contributed by atoms with E-state index in [1.54, 1.807) is 12.4 Å². The summed E-state index contributed by atoms with van der Waals surface area (Å²) in [5.74, 6) is -0.383. The maximum absolute atomic E-state index is 10.9. The summed E-state index contributed by atoms with van der Waals surface area (Å²) in [5.41, 5.74) is 0.0984. The Morgan fingerprint density at radius 2 is 1.95 bits per heavy atom. The van der Waals surface area contributed by atoms with E-state index in [-0.39, 0.29) is 17.3 Å². The second kappa shape index (κ2) is 5.83. The molecule has 2 aromatic rings. The number of halogens is 1. The van der Waals surface area contributed by atoms with Gasteiger partial charge >= 0.3 is 12.0 Å². The smallest absolute Gasteiger partial charge is 0.335 e. The molecule has 0 atom stereocenters. The number of carboxylic acid groups (broad SMARTS) is 1. The third kappa shape index (κ3) is 3.31. The highest BCUT2D eigenvalue weighted by molar-refractivity contribution is 14.1. The van der Waals surface area contributed by atoms with E-state index in [1.165, 1.54) is 25.3 Å². The van der Waals surface area contributed by atoms with Gasteiger partial charge in [-0.05, 0) is 40.8 Å². The van der Waals surface area contributed by atoms with Crippen molar-refractivity contribution >= 4 is 28.6 Å². The molecule has 1 N–H and O–H groups in total. The van der Waals surface area contributed by atoms with Crippen molar-refractivity contribution in [1.29, 1.82) is 0 Å². The molecule has 19 heavy (non-hydrogen) atoms. The number of aromatic nitrogens is 2. The van der Waals surface area contributed by atoms with Crippen LogP contribution in [0.25, 0.3) is 0 Å². The van der Waals surface area contributed by atoms with Crippen LogP contribution in [0.5, 0.6) is 17.5 Å². The maximum Gasteiger partial charge on any atom is 0.335 e. The minimum Gasteiger partial charge on any atom is -0.493 e. The minimum absolute atomic E-state index is 0.0984. The first-order valence-corrected chi connectivity index (χ1v) is 6.25. The number of benzene rings is 1. The number of carboxylic acids is 1. The summed E-state index contributed by atoms with van der Waals surface area (Å²) in [7, 11) is 1.47. The van der Waals surface area contributed by atoms with Crippen molar-refractivity contribution in [1.82, 2.24) is 9.97 Å². The van der Waals surface area contributed by atoms with Gasteiger partial charge in [-0.25, -0.2) is 14.8 Å². The van der Waals surface area contributed by atoms with Gasteiger partial charge < -0.3 is 14.6 Å². The van der Waals surface area contributed by atoms with Gasteiger partial charge in [-0.2, -0.15) is 0 Å². The number of hydrogen-bond acceptors (Lipinski definition) is 5. The fraction of sp³-hybridized carbons (Fsp3) is 0.0833. The summed E-state index contributed by atoms with van der Waals surface area (Å²) in [6.45, 7) is 0. The number of nitrogens with zero attached hydrogens (tertiary/aromatic N) is 2. The number of methoxy groups -OCH3 is 1. The van der Waals surface area contributed by atoms with Crippen molar-refractivity contribution in [2.45, 2.75) is 0 Å². The summed E-state index contributed by atoms with van der Waals surface area (Å²) in [6, 6.07) is 4.44. The first-order chi connectivity index (χ1) is 9.10. The molecule has 0 saturated heterocycles. The standard InChI is InChI=1S/C12H9IN2O4/c1-18-9-3-2-7(11(16)17)4-10(9)19-12-14-5-8(13)6-15-12/h2-6H,1H3,(H,16,17). The largest absolute Gasteiger partial charge is 0.493 e. The van der Waals surface area contributed by atoms with Gasteiger partial charge in [0.25, 0.3) is 0 Å². The van der Waals surface area contributed by atoms with Crippen molar-refractivity contribution in [2.24, 2.45) is 0 Å². The van der Waals surface area contributed by atoms with Crippen LogP contribution in [-0.4, -0.2) is 28.2 Å². The van der Waals surface area contributed by atoms with Gasteiger partial charge in [-0.3, -0.25) is 0 Å². The SMILES string of the molecule is COc1ccc(C(=O)O)cc1Oc1ncc(I)cn1. The van der Waals surface area contributed by atoms with Gasteiger partial charge in [0, 0.05) is 16.0 Å². The topological polar surface area (TPSA) is 81.5 Å². The van der Waals surface area contributed by atoms with Crippen LogP contribution in [0.3, 0.4) is 0 Å². The first kappa shape index (κ1) is 13.5. The predicted molar refractivity (Wildman–Crippen MR) is 74.8 cm³/mol. The summed E-state index contributed by atoms with van der Waals surface area (Å²) in [6.07, 6.45) is 3.19.